The van der Waals surface area contributed by atoms with Gasteiger partial charge in [0.1, 0.15) is 0 Å². The number of carbonyl (C=O) groups excluding carboxylic acids is 1. The van der Waals surface area contributed by atoms with Gasteiger partial charge in [-0.15, -0.1) is 0 Å². The molecule has 0 fully saturated rings. The van der Waals surface area contributed by atoms with Gasteiger partial charge >= 0.3 is 6.03 Å². The van der Waals surface area contributed by atoms with Crippen LogP contribution in [0.4, 0.5) is 4.79 Å². The van der Waals surface area contributed by atoms with E-state index in [9.17, 15) is 9.90 Å². The van der Waals surface area contributed by atoms with Crippen LogP contribution in [-0.2, 0) is 19.4 Å². The van der Waals surface area contributed by atoms with Gasteiger partial charge in [-0.05, 0) is 30.0 Å². The van der Waals surface area contributed by atoms with Crippen LogP contribution in [0.1, 0.15) is 35.5 Å². The molecule has 2 heterocycles. The zero-order valence-electron chi connectivity index (χ0n) is 13.2. The fourth-order valence-electron chi connectivity index (χ4n) is 3.04. The summed E-state index contributed by atoms with van der Waals surface area (Å²) in [5.74, 6) is 0. The lowest BCUT2D eigenvalue weighted by molar-refractivity contribution is 0.126. The number of hydrogen-bond acceptors (Lipinski definition) is 3. The van der Waals surface area contributed by atoms with Crippen LogP contribution < -0.4 is 5.32 Å². The largest absolute Gasteiger partial charge is 0.394 e. The third-order valence-electron chi connectivity index (χ3n) is 4.32. The molecule has 1 aromatic heterocycles. The Morgan fingerprint density at radius 3 is 3.04 bits per heavy atom. The van der Waals surface area contributed by atoms with Gasteiger partial charge in [0.15, 0.2) is 0 Å². The summed E-state index contributed by atoms with van der Waals surface area (Å²) in [5, 5.41) is 19.7. The summed E-state index contributed by atoms with van der Waals surface area (Å²) in [6, 6.07) is 9.49. The molecule has 122 valence electrons. The van der Waals surface area contributed by atoms with Crippen LogP contribution in [0.25, 0.3) is 0 Å². The Hall–Kier alpha value is -2.34. The van der Waals surface area contributed by atoms with Crippen LogP contribution >= 0.6 is 0 Å². The number of hydrogen-bond donors (Lipinski definition) is 3. The van der Waals surface area contributed by atoms with Gasteiger partial charge in [0, 0.05) is 6.54 Å². The van der Waals surface area contributed by atoms with Crippen LogP contribution in [0.15, 0.2) is 30.3 Å². The Morgan fingerprint density at radius 1 is 1.48 bits per heavy atom. The Labute approximate surface area is 135 Å². The summed E-state index contributed by atoms with van der Waals surface area (Å²) in [6.45, 7) is 2.98. The van der Waals surface area contributed by atoms with Crippen LogP contribution in [-0.4, -0.2) is 39.4 Å². The number of aryl methyl sites for hydroxylation is 1. The Balaban J connectivity index is 1.67. The van der Waals surface area contributed by atoms with Crippen molar-refractivity contribution in [3.05, 3.63) is 52.8 Å². The lowest BCUT2D eigenvalue weighted by atomic mass is 9.93. The van der Waals surface area contributed by atoms with E-state index in [4.69, 9.17) is 0 Å². The topological polar surface area (TPSA) is 81.3 Å². The Kier molecular flexibility index (Phi) is 4.62. The van der Waals surface area contributed by atoms with E-state index in [1.54, 1.807) is 4.90 Å². The van der Waals surface area contributed by atoms with E-state index in [-0.39, 0.29) is 18.7 Å². The molecule has 1 aliphatic heterocycles. The summed E-state index contributed by atoms with van der Waals surface area (Å²) >= 11 is 0. The number of aromatic nitrogens is 2. The van der Waals surface area contributed by atoms with E-state index < -0.39 is 0 Å². The molecular weight excluding hydrogens is 292 g/mol. The lowest BCUT2D eigenvalue weighted by Crippen LogP contribution is -2.46. The second-order valence-electron chi connectivity index (χ2n) is 5.74. The van der Waals surface area contributed by atoms with Crippen molar-refractivity contribution in [3.63, 3.8) is 0 Å². The van der Waals surface area contributed by atoms with Crippen LogP contribution in [0.5, 0.6) is 0 Å². The molecule has 1 aliphatic rings. The lowest BCUT2D eigenvalue weighted by Gasteiger charge is -2.36. The first-order valence-corrected chi connectivity index (χ1v) is 7.99. The summed E-state index contributed by atoms with van der Waals surface area (Å²) in [6.07, 6.45) is 1.67. The molecule has 0 saturated heterocycles. The number of aromatic amines is 1. The summed E-state index contributed by atoms with van der Waals surface area (Å²) < 4.78 is 0. The highest BCUT2D eigenvalue weighted by molar-refractivity contribution is 5.75. The molecular formula is C17H22N4O2. The molecule has 3 N–H and O–H groups in total. The predicted molar refractivity (Wildman–Crippen MR) is 86.9 cm³/mol. The fraction of sp³-hybridized carbons (Fsp3) is 0.412. The molecule has 1 atom stereocenters. The van der Waals surface area contributed by atoms with Gasteiger partial charge in [-0.25, -0.2) is 4.79 Å². The molecule has 0 saturated carbocycles. The number of nitrogens with zero attached hydrogens (tertiary/aromatic N) is 2. The average Bonchev–Trinajstić information content (AvgIpc) is 3.06. The SMILES string of the molecule is CCc1cc(CNC(=O)N2CCc3ccccc3[C@H]2CO)[nH]n1. The van der Waals surface area contributed by atoms with Gasteiger partial charge in [-0.1, -0.05) is 31.2 Å². The normalized spacial score (nSPS) is 17.0. The summed E-state index contributed by atoms with van der Waals surface area (Å²) in [7, 11) is 0. The number of aliphatic hydroxyl groups excluding tert-OH is 1. The quantitative estimate of drug-likeness (QED) is 0.804. The van der Waals surface area contributed by atoms with E-state index >= 15 is 0 Å². The standard InChI is InChI=1S/C17H22N4O2/c1-2-13-9-14(20-19-13)10-18-17(23)21-8-7-12-5-3-4-6-15(12)16(21)11-22/h3-6,9,16,22H,2,7-8,10-11H2,1H3,(H,18,23)(H,19,20)/t16-/m1/s1. The smallest absolute Gasteiger partial charge is 0.318 e. The van der Waals surface area contributed by atoms with Gasteiger partial charge in [-0.3, -0.25) is 5.10 Å². The number of nitrogens with one attached hydrogen (secondary N) is 2. The molecule has 0 unspecified atom stereocenters. The average molecular weight is 314 g/mol. The number of carbonyl (C=O) groups is 1. The minimum atomic E-state index is -0.284. The van der Waals surface area contributed by atoms with Crippen LogP contribution in [0.3, 0.4) is 0 Å². The zero-order chi connectivity index (χ0) is 16.2. The second-order valence-corrected chi connectivity index (χ2v) is 5.74. The molecule has 3 rings (SSSR count). The van der Waals surface area contributed by atoms with Crippen molar-refractivity contribution in [1.29, 1.82) is 0 Å². The maximum absolute atomic E-state index is 12.5. The number of rotatable bonds is 4. The molecule has 0 aliphatic carbocycles. The van der Waals surface area contributed by atoms with Crippen molar-refractivity contribution in [1.82, 2.24) is 20.4 Å². The van der Waals surface area contributed by atoms with Crippen molar-refractivity contribution in [3.8, 4) is 0 Å². The maximum Gasteiger partial charge on any atom is 0.318 e. The number of benzene rings is 1. The van der Waals surface area contributed by atoms with Crippen molar-refractivity contribution in [2.24, 2.45) is 0 Å². The minimum Gasteiger partial charge on any atom is -0.394 e. The number of urea groups is 1. The van der Waals surface area contributed by atoms with Crippen LogP contribution in [0, 0.1) is 0 Å². The molecule has 0 spiro atoms. The third-order valence-corrected chi connectivity index (χ3v) is 4.32. The molecule has 6 nitrogen and oxygen atoms in total. The predicted octanol–water partition coefficient (Wildman–Crippen LogP) is 1.77. The maximum atomic E-state index is 12.5. The molecule has 1 aromatic carbocycles. The van der Waals surface area contributed by atoms with Crippen molar-refractivity contribution in [2.45, 2.75) is 32.4 Å². The van der Waals surface area contributed by atoms with Gasteiger partial charge in [-0.2, -0.15) is 5.10 Å². The highest BCUT2D eigenvalue weighted by atomic mass is 16.3. The molecule has 6 heteroatoms. The Morgan fingerprint density at radius 2 is 2.30 bits per heavy atom. The van der Waals surface area contributed by atoms with E-state index in [1.807, 2.05) is 31.2 Å². The van der Waals surface area contributed by atoms with Crippen LogP contribution in [0.2, 0.25) is 0 Å². The number of aliphatic hydroxyl groups is 1. The Bertz CT molecular complexity index is 683. The molecule has 2 aromatic rings. The molecule has 0 radical (unpaired) electrons. The van der Waals surface area contributed by atoms with E-state index in [0.717, 1.165) is 29.8 Å². The highest BCUT2D eigenvalue weighted by Crippen LogP contribution is 2.29. The van der Waals surface area contributed by atoms with Gasteiger partial charge in [0.05, 0.1) is 30.6 Å². The zero-order valence-corrected chi connectivity index (χ0v) is 13.2. The van der Waals surface area contributed by atoms with E-state index in [2.05, 4.69) is 21.6 Å². The number of H-pyrrole nitrogens is 1. The highest BCUT2D eigenvalue weighted by Gasteiger charge is 2.29. The monoisotopic (exact) mass is 314 g/mol. The first-order valence-electron chi connectivity index (χ1n) is 7.99. The van der Waals surface area contributed by atoms with Crippen molar-refractivity contribution in [2.75, 3.05) is 13.2 Å². The molecule has 0 bridgehead atoms. The number of fused-ring (bicyclic) bond motifs is 1. The number of amides is 2. The first kappa shape index (κ1) is 15.6. The van der Waals surface area contributed by atoms with E-state index in [0.29, 0.717) is 13.1 Å². The third kappa shape index (κ3) is 3.22. The van der Waals surface area contributed by atoms with Gasteiger partial charge in [0.2, 0.25) is 0 Å². The van der Waals surface area contributed by atoms with Crippen molar-refractivity contribution < 1.29 is 9.90 Å². The van der Waals surface area contributed by atoms with Gasteiger partial charge in [0.25, 0.3) is 0 Å². The fourth-order valence-corrected chi connectivity index (χ4v) is 3.04. The molecule has 23 heavy (non-hydrogen) atoms. The minimum absolute atomic E-state index is 0.0749. The van der Waals surface area contributed by atoms with E-state index in [1.165, 1.54) is 5.56 Å². The summed E-state index contributed by atoms with van der Waals surface area (Å²) in [5.41, 5.74) is 4.10. The van der Waals surface area contributed by atoms with Crippen molar-refractivity contribution >= 4 is 6.03 Å². The first-order chi connectivity index (χ1) is 11.2. The van der Waals surface area contributed by atoms with Gasteiger partial charge < -0.3 is 15.3 Å². The second kappa shape index (κ2) is 6.83. The molecule has 2 amide bonds. The summed E-state index contributed by atoms with van der Waals surface area (Å²) in [4.78, 5) is 14.2.